The second-order valence-electron chi connectivity index (χ2n) is 10.9. The summed E-state index contributed by atoms with van der Waals surface area (Å²) < 4.78 is 24.3. The molecule has 3 aromatic carbocycles. The number of hydrogen-bond acceptors (Lipinski definition) is 5. The summed E-state index contributed by atoms with van der Waals surface area (Å²) in [5, 5.41) is 0. The summed E-state index contributed by atoms with van der Waals surface area (Å²) in [6.07, 6.45) is -0.996. The van der Waals surface area contributed by atoms with Gasteiger partial charge in [-0.1, -0.05) is 36.4 Å². The van der Waals surface area contributed by atoms with Crippen molar-refractivity contribution in [2.75, 3.05) is 20.3 Å². The highest BCUT2D eigenvalue weighted by Gasteiger charge is 2.38. The highest BCUT2D eigenvalue weighted by Crippen LogP contribution is 2.53. The van der Waals surface area contributed by atoms with Gasteiger partial charge in [0.2, 0.25) is 0 Å². The van der Waals surface area contributed by atoms with Crippen LogP contribution in [0.3, 0.4) is 0 Å². The largest absolute Gasteiger partial charge is 0.486 e. The van der Waals surface area contributed by atoms with Crippen LogP contribution < -0.4 is 9.47 Å². The number of ether oxygens (including phenoxy) is 4. The number of methoxy groups -OCH3 is 1. The van der Waals surface area contributed by atoms with E-state index in [9.17, 15) is 4.79 Å². The number of fused-ring (bicyclic) bond motifs is 1. The van der Waals surface area contributed by atoms with Crippen molar-refractivity contribution in [3.05, 3.63) is 69.8 Å². The van der Waals surface area contributed by atoms with Gasteiger partial charge in [-0.15, -0.1) is 0 Å². The van der Waals surface area contributed by atoms with E-state index in [-0.39, 0.29) is 0 Å². The normalized spacial score (nSPS) is 13.9. The Morgan fingerprint density at radius 1 is 0.784 bits per heavy atom. The number of hydrogen-bond donors (Lipinski definition) is 0. The van der Waals surface area contributed by atoms with E-state index in [0.29, 0.717) is 30.3 Å². The smallest absolute Gasteiger partial charge is 0.339 e. The Hall–Kier alpha value is -3.31. The second kappa shape index (κ2) is 10.2. The minimum Gasteiger partial charge on any atom is -0.486 e. The Kier molecular flexibility index (Phi) is 7.38. The maximum Gasteiger partial charge on any atom is 0.339 e. The standard InChI is InChI=1S/C32H38O5/c1-18-10-12-23(16-20(18)3)25-22(5)26(24-13-11-19(2)21(4)17-24)28-29(36-15-14-35-28)27(25)30(31(33)34-9)37-32(6,7)8/h10-13,16-17,30H,14-15H2,1-9H3. The molecular weight excluding hydrogens is 464 g/mol. The van der Waals surface area contributed by atoms with Crippen molar-refractivity contribution in [2.24, 2.45) is 0 Å². The molecule has 1 heterocycles. The van der Waals surface area contributed by atoms with Gasteiger partial charge in [-0.05, 0) is 99.9 Å². The number of carbonyl (C=O) groups is 1. The average molecular weight is 503 g/mol. The first-order valence-electron chi connectivity index (χ1n) is 12.8. The SMILES string of the molecule is COC(=O)C(OC(C)(C)C)c1c2c(c(-c3ccc(C)c(C)c3)c(C)c1-c1ccc(C)c(C)c1)OCCO2. The molecule has 0 aromatic heterocycles. The molecule has 0 amide bonds. The molecule has 196 valence electrons. The van der Waals surface area contributed by atoms with Gasteiger partial charge in [-0.2, -0.15) is 0 Å². The Balaban J connectivity index is 2.15. The summed E-state index contributed by atoms with van der Waals surface area (Å²) in [4.78, 5) is 13.3. The molecule has 4 rings (SSSR count). The van der Waals surface area contributed by atoms with Crippen LogP contribution in [0.15, 0.2) is 36.4 Å². The van der Waals surface area contributed by atoms with E-state index >= 15 is 0 Å². The van der Waals surface area contributed by atoms with Crippen LogP contribution in [-0.2, 0) is 14.3 Å². The predicted octanol–water partition coefficient (Wildman–Crippen LogP) is 7.36. The van der Waals surface area contributed by atoms with Crippen molar-refractivity contribution < 1.29 is 23.7 Å². The molecule has 37 heavy (non-hydrogen) atoms. The molecule has 0 saturated heterocycles. The molecule has 1 atom stereocenters. The first-order valence-corrected chi connectivity index (χ1v) is 12.8. The van der Waals surface area contributed by atoms with Crippen molar-refractivity contribution in [3.63, 3.8) is 0 Å². The molecule has 3 aromatic rings. The lowest BCUT2D eigenvalue weighted by atomic mass is 9.84. The van der Waals surface area contributed by atoms with E-state index in [0.717, 1.165) is 33.4 Å². The van der Waals surface area contributed by atoms with E-state index in [2.05, 4.69) is 71.0 Å². The Morgan fingerprint density at radius 2 is 1.30 bits per heavy atom. The molecule has 5 heteroatoms. The molecule has 0 aliphatic carbocycles. The Labute approximate surface area is 220 Å². The topological polar surface area (TPSA) is 54.0 Å². The van der Waals surface area contributed by atoms with E-state index in [1.54, 1.807) is 0 Å². The fraction of sp³-hybridized carbons (Fsp3) is 0.406. The van der Waals surface area contributed by atoms with Crippen molar-refractivity contribution in [2.45, 2.75) is 67.1 Å². The van der Waals surface area contributed by atoms with Gasteiger partial charge in [0.1, 0.15) is 13.2 Å². The summed E-state index contributed by atoms with van der Waals surface area (Å²) in [7, 11) is 1.39. The number of esters is 1. The molecule has 0 N–H and O–H groups in total. The van der Waals surface area contributed by atoms with E-state index in [4.69, 9.17) is 18.9 Å². The molecule has 1 unspecified atom stereocenters. The molecule has 1 aliphatic rings. The van der Waals surface area contributed by atoms with Gasteiger partial charge in [-0.25, -0.2) is 4.79 Å². The third-order valence-electron chi connectivity index (χ3n) is 7.01. The second-order valence-corrected chi connectivity index (χ2v) is 10.9. The zero-order valence-corrected chi connectivity index (χ0v) is 23.5. The van der Waals surface area contributed by atoms with Crippen LogP contribution in [0.25, 0.3) is 22.3 Å². The summed E-state index contributed by atoms with van der Waals surface area (Å²) in [5.74, 6) is 0.702. The van der Waals surface area contributed by atoms with Gasteiger partial charge in [-0.3, -0.25) is 0 Å². The van der Waals surface area contributed by atoms with Gasteiger partial charge in [0.15, 0.2) is 17.6 Å². The molecule has 0 bridgehead atoms. The first-order chi connectivity index (χ1) is 17.4. The minimum absolute atomic E-state index is 0.380. The number of benzene rings is 3. The van der Waals surface area contributed by atoms with Crippen molar-refractivity contribution in [1.82, 2.24) is 0 Å². The highest BCUT2D eigenvalue weighted by atomic mass is 16.6. The van der Waals surface area contributed by atoms with Crippen molar-refractivity contribution >= 4 is 5.97 Å². The lowest BCUT2D eigenvalue weighted by Crippen LogP contribution is -2.30. The summed E-state index contributed by atoms with van der Waals surface area (Å²) in [6.45, 7) is 17.1. The minimum atomic E-state index is -0.996. The van der Waals surface area contributed by atoms with Crippen LogP contribution in [0.5, 0.6) is 11.5 Å². The van der Waals surface area contributed by atoms with Crippen LogP contribution in [0.4, 0.5) is 0 Å². The lowest BCUT2D eigenvalue weighted by Gasteiger charge is -2.33. The maximum atomic E-state index is 13.3. The number of aryl methyl sites for hydroxylation is 4. The molecule has 1 aliphatic heterocycles. The van der Waals surface area contributed by atoms with Crippen LogP contribution in [0.2, 0.25) is 0 Å². The average Bonchev–Trinajstić information content (AvgIpc) is 2.84. The van der Waals surface area contributed by atoms with E-state index in [1.807, 2.05) is 20.8 Å². The zero-order chi connectivity index (χ0) is 27.1. The van der Waals surface area contributed by atoms with Gasteiger partial charge < -0.3 is 18.9 Å². The van der Waals surface area contributed by atoms with Crippen LogP contribution in [-0.4, -0.2) is 31.9 Å². The Bertz CT molecular complexity index is 1350. The molecule has 0 saturated carbocycles. The van der Waals surface area contributed by atoms with Gasteiger partial charge in [0.25, 0.3) is 0 Å². The molecule has 0 fully saturated rings. The predicted molar refractivity (Wildman–Crippen MR) is 148 cm³/mol. The fourth-order valence-electron chi connectivity index (χ4n) is 4.86. The highest BCUT2D eigenvalue weighted by molar-refractivity contribution is 5.92. The third kappa shape index (κ3) is 5.24. The summed E-state index contributed by atoms with van der Waals surface area (Å²) in [6, 6.07) is 12.8. The molecule has 0 spiro atoms. The van der Waals surface area contributed by atoms with Crippen LogP contribution >= 0.6 is 0 Å². The van der Waals surface area contributed by atoms with Crippen molar-refractivity contribution in [1.29, 1.82) is 0 Å². The lowest BCUT2D eigenvalue weighted by molar-refractivity contribution is -0.164. The molecular formula is C32H38O5. The zero-order valence-electron chi connectivity index (χ0n) is 23.5. The summed E-state index contributed by atoms with van der Waals surface area (Å²) >= 11 is 0. The van der Waals surface area contributed by atoms with Gasteiger partial charge >= 0.3 is 5.97 Å². The quantitative estimate of drug-likeness (QED) is 0.341. The van der Waals surface area contributed by atoms with Crippen molar-refractivity contribution in [3.8, 4) is 33.8 Å². The number of carbonyl (C=O) groups excluding carboxylic acids is 1. The van der Waals surface area contributed by atoms with Crippen LogP contribution in [0.1, 0.15) is 60.3 Å². The van der Waals surface area contributed by atoms with E-state index < -0.39 is 17.7 Å². The fourth-order valence-corrected chi connectivity index (χ4v) is 4.86. The molecule has 5 nitrogen and oxygen atoms in total. The van der Waals surface area contributed by atoms with Crippen LogP contribution in [0, 0.1) is 34.6 Å². The molecule has 0 radical (unpaired) electrons. The third-order valence-corrected chi connectivity index (χ3v) is 7.01. The summed E-state index contributed by atoms with van der Waals surface area (Å²) in [5.41, 5.74) is 9.72. The van der Waals surface area contributed by atoms with Gasteiger partial charge in [0.05, 0.1) is 12.7 Å². The monoisotopic (exact) mass is 502 g/mol. The maximum absolute atomic E-state index is 13.3. The number of rotatable bonds is 5. The Morgan fingerprint density at radius 3 is 1.78 bits per heavy atom. The van der Waals surface area contributed by atoms with E-state index in [1.165, 1.54) is 23.8 Å². The van der Waals surface area contributed by atoms with Gasteiger partial charge in [0, 0.05) is 11.1 Å². The first kappa shape index (κ1) is 26.7.